The Morgan fingerprint density at radius 1 is 0.273 bits per heavy atom. The van der Waals surface area contributed by atoms with Crippen molar-refractivity contribution in [1.29, 1.82) is 0 Å². The predicted octanol–water partition coefficient (Wildman–Crippen LogP) is 24.0. The number of aliphatic hydroxyl groups excluding tert-OH is 1. The number of rotatable bonds is 80. The van der Waals surface area contributed by atoms with Crippen LogP contribution in [0.5, 0.6) is 0 Å². The highest BCUT2D eigenvalue weighted by atomic mass is 31.2. The van der Waals surface area contributed by atoms with Crippen molar-refractivity contribution in [2.45, 2.75) is 445 Å². The minimum atomic E-state index is -4.96. The lowest BCUT2D eigenvalue weighted by Gasteiger charge is -2.21. The van der Waals surface area contributed by atoms with Crippen LogP contribution in [-0.4, -0.2) is 96.7 Å². The minimum absolute atomic E-state index is 0.108. The van der Waals surface area contributed by atoms with Crippen LogP contribution in [0.3, 0.4) is 0 Å². The Morgan fingerprint density at radius 2 is 0.465 bits per heavy atom. The highest BCUT2D eigenvalue weighted by molar-refractivity contribution is 7.47. The van der Waals surface area contributed by atoms with E-state index in [1.807, 2.05) is 0 Å². The lowest BCUT2D eigenvalue weighted by molar-refractivity contribution is -0.161. The van der Waals surface area contributed by atoms with E-state index in [9.17, 15) is 43.2 Å². The first-order chi connectivity index (χ1) is 48.0. The molecule has 2 unspecified atom stereocenters. The molecule has 0 aromatic heterocycles. The summed E-state index contributed by atoms with van der Waals surface area (Å²) in [6.45, 7) is 7.34. The van der Waals surface area contributed by atoms with Gasteiger partial charge < -0.3 is 33.8 Å². The summed E-state index contributed by atoms with van der Waals surface area (Å²) in [5.74, 6) is -1.31. The molecule has 0 aliphatic carbocycles. The van der Waals surface area contributed by atoms with Crippen molar-refractivity contribution in [3.63, 3.8) is 0 Å². The Kier molecular flexibility index (Phi) is 71.6. The standard InChI is InChI=1S/C80H156O17P2/c1-6-9-12-15-18-21-24-26-27-28-29-30-31-32-37-41-46-51-56-61-66-80(85)97-76(70-91-78(83)64-59-54-49-44-40-36-34-33-35-38-42-47-52-57-62-73(4)5)72-95-99(88,89)93-68-74(81)67-92-98(86,87)94-71-75(69-90-77(82)63-58-53-48-43-23-20-17-14-11-8-3)96-79(84)65-60-55-50-45-39-25-22-19-16-13-10-7-2/h73-76,81H,6-72H2,1-5H3,(H,86,87)(H,88,89)/t74-,75+,76+/m0/s1. The van der Waals surface area contributed by atoms with Crippen molar-refractivity contribution >= 4 is 39.5 Å². The predicted molar refractivity (Wildman–Crippen MR) is 405 cm³/mol. The van der Waals surface area contributed by atoms with Gasteiger partial charge in [-0.1, -0.05) is 375 Å². The molecule has 0 spiro atoms. The summed E-state index contributed by atoms with van der Waals surface area (Å²) >= 11 is 0. The van der Waals surface area contributed by atoms with Gasteiger partial charge in [0.25, 0.3) is 0 Å². The molecule has 0 heterocycles. The largest absolute Gasteiger partial charge is 0.472 e. The number of carbonyl (C=O) groups is 4. The van der Waals surface area contributed by atoms with Crippen molar-refractivity contribution in [3.05, 3.63) is 0 Å². The van der Waals surface area contributed by atoms with Gasteiger partial charge in [-0.2, -0.15) is 0 Å². The van der Waals surface area contributed by atoms with E-state index in [4.69, 9.17) is 37.0 Å². The summed E-state index contributed by atoms with van der Waals surface area (Å²) in [4.78, 5) is 72.9. The second-order valence-corrected chi connectivity index (χ2v) is 32.2. The van der Waals surface area contributed by atoms with Crippen molar-refractivity contribution in [1.82, 2.24) is 0 Å². The van der Waals surface area contributed by atoms with Crippen molar-refractivity contribution in [2.24, 2.45) is 5.92 Å². The van der Waals surface area contributed by atoms with Crippen LogP contribution in [0.25, 0.3) is 0 Å². The summed E-state index contributed by atoms with van der Waals surface area (Å²) < 4.78 is 68.6. The van der Waals surface area contributed by atoms with Crippen LogP contribution in [0.2, 0.25) is 0 Å². The van der Waals surface area contributed by atoms with Crippen LogP contribution in [0.1, 0.15) is 426 Å². The van der Waals surface area contributed by atoms with E-state index in [0.717, 1.165) is 95.8 Å². The first kappa shape index (κ1) is 97.1. The lowest BCUT2D eigenvalue weighted by atomic mass is 10.0. The highest BCUT2D eigenvalue weighted by Crippen LogP contribution is 2.45. The number of aliphatic hydroxyl groups is 1. The third-order valence-corrected chi connectivity index (χ3v) is 20.7. The zero-order valence-corrected chi connectivity index (χ0v) is 66.4. The van der Waals surface area contributed by atoms with Crippen LogP contribution in [0.15, 0.2) is 0 Å². The quantitative estimate of drug-likeness (QED) is 0.0222. The summed E-state index contributed by atoms with van der Waals surface area (Å²) in [6, 6.07) is 0. The van der Waals surface area contributed by atoms with Crippen LogP contribution < -0.4 is 0 Å². The van der Waals surface area contributed by atoms with Gasteiger partial charge in [0.15, 0.2) is 12.2 Å². The average molecular weight is 1450 g/mol. The Morgan fingerprint density at radius 3 is 0.687 bits per heavy atom. The SMILES string of the molecule is CCCCCCCCCCCCCCCCCCCCCCC(=O)O[C@H](COC(=O)CCCCCCCCCCCCCCCCC(C)C)COP(=O)(O)OC[C@@H](O)COP(=O)(O)OC[C@@H](COC(=O)CCCCCCCCCCCC)OC(=O)CCCCCCCCCCCCCC. The van der Waals surface area contributed by atoms with E-state index in [1.54, 1.807) is 0 Å². The molecule has 0 aromatic rings. The molecule has 0 amide bonds. The van der Waals surface area contributed by atoms with Gasteiger partial charge in [0.1, 0.15) is 19.3 Å². The summed E-state index contributed by atoms with van der Waals surface area (Å²) in [5.41, 5.74) is 0. The number of ether oxygens (including phenoxy) is 4. The molecular weight excluding hydrogens is 1290 g/mol. The molecule has 99 heavy (non-hydrogen) atoms. The molecule has 0 fully saturated rings. The van der Waals surface area contributed by atoms with Crippen LogP contribution in [0, 0.1) is 5.92 Å². The Bertz CT molecular complexity index is 1890. The van der Waals surface area contributed by atoms with E-state index in [1.165, 1.54) is 250 Å². The number of esters is 4. The maximum atomic E-state index is 13.1. The maximum absolute atomic E-state index is 13.1. The Hall–Kier alpha value is -1.94. The minimum Gasteiger partial charge on any atom is -0.462 e. The van der Waals surface area contributed by atoms with E-state index in [-0.39, 0.29) is 25.7 Å². The molecule has 5 atom stereocenters. The normalized spacial score (nSPS) is 13.9. The van der Waals surface area contributed by atoms with Gasteiger partial charge in [-0.05, 0) is 31.6 Å². The van der Waals surface area contributed by atoms with Crippen molar-refractivity contribution in [3.8, 4) is 0 Å². The van der Waals surface area contributed by atoms with Crippen molar-refractivity contribution < 1.29 is 80.2 Å². The highest BCUT2D eigenvalue weighted by Gasteiger charge is 2.30. The number of unbranched alkanes of at least 4 members (excludes halogenated alkanes) is 52. The van der Waals surface area contributed by atoms with Gasteiger partial charge in [0, 0.05) is 25.7 Å². The molecule has 19 heteroatoms. The van der Waals surface area contributed by atoms with Crippen LogP contribution in [-0.2, 0) is 65.4 Å². The van der Waals surface area contributed by atoms with E-state index < -0.39 is 97.5 Å². The number of phosphoric acid groups is 2. The van der Waals surface area contributed by atoms with Crippen molar-refractivity contribution in [2.75, 3.05) is 39.6 Å². The molecule has 3 N–H and O–H groups in total. The fourth-order valence-electron chi connectivity index (χ4n) is 12.4. The molecule has 17 nitrogen and oxygen atoms in total. The van der Waals surface area contributed by atoms with Crippen LogP contribution in [0.4, 0.5) is 0 Å². The number of phosphoric ester groups is 2. The summed E-state index contributed by atoms with van der Waals surface area (Å²) in [6.07, 6.45) is 63.8. The third kappa shape index (κ3) is 74.1. The third-order valence-electron chi connectivity index (χ3n) is 18.8. The van der Waals surface area contributed by atoms with Gasteiger partial charge in [-0.25, -0.2) is 9.13 Å². The molecular formula is C80H156O17P2. The van der Waals surface area contributed by atoms with Gasteiger partial charge >= 0.3 is 39.5 Å². The molecule has 588 valence electrons. The average Bonchev–Trinajstić information content (AvgIpc) is 1.03. The second-order valence-electron chi connectivity index (χ2n) is 29.3. The topological polar surface area (TPSA) is 237 Å². The monoisotopic (exact) mass is 1450 g/mol. The first-order valence-corrected chi connectivity index (χ1v) is 44.6. The van der Waals surface area contributed by atoms with E-state index in [2.05, 4.69) is 34.6 Å². The summed E-state index contributed by atoms with van der Waals surface area (Å²) in [7, 11) is -9.91. The molecule has 0 aliphatic rings. The summed E-state index contributed by atoms with van der Waals surface area (Å²) in [5, 5.41) is 10.6. The number of hydrogen-bond donors (Lipinski definition) is 3. The number of carbonyl (C=O) groups excluding carboxylic acids is 4. The second kappa shape index (κ2) is 73.0. The smallest absolute Gasteiger partial charge is 0.462 e. The lowest BCUT2D eigenvalue weighted by Crippen LogP contribution is -2.30. The van der Waals surface area contributed by atoms with Gasteiger partial charge in [-0.3, -0.25) is 37.3 Å². The molecule has 0 radical (unpaired) electrons. The number of hydrogen-bond acceptors (Lipinski definition) is 15. The van der Waals surface area contributed by atoms with E-state index >= 15 is 0 Å². The Labute approximate surface area is 607 Å². The van der Waals surface area contributed by atoms with Gasteiger partial charge in [-0.15, -0.1) is 0 Å². The van der Waals surface area contributed by atoms with Gasteiger partial charge in [0.2, 0.25) is 0 Å². The fourth-order valence-corrected chi connectivity index (χ4v) is 14.0. The molecule has 0 rings (SSSR count). The molecule has 0 aliphatic heterocycles. The molecule has 0 saturated heterocycles. The molecule has 0 aromatic carbocycles. The maximum Gasteiger partial charge on any atom is 0.472 e. The molecule has 0 saturated carbocycles. The Balaban J connectivity index is 5.22. The van der Waals surface area contributed by atoms with Crippen LogP contribution >= 0.6 is 15.6 Å². The zero-order chi connectivity index (χ0) is 72.7. The zero-order valence-electron chi connectivity index (χ0n) is 64.6. The fraction of sp³-hybridized carbons (Fsp3) is 0.950. The first-order valence-electron chi connectivity index (χ1n) is 41.6. The molecule has 0 bridgehead atoms. The van der Waals surface area contributed by atoms with Gasteiger partial charge in [0.05, 0.1) is 26.4 Å². The van der Waals surface area contributed by atoms with E-state index in [0.29, 0.717) is 25.7 Å².